The lowest BCUT2D eigenvalue weighted by Gasteiger charge is -2.31. The van der Waals surface area contributed by atoms with Crippen LogP contribution in [-0.4, -0.2) is 59.9 Å². The summed E-state index contributed by atoms with van der Waals surface area (Å²) in [5.74, 6) is -0.0406. The van der Waals surface area contributed by atoms with E-state index in [0.29, 0.717) is 0 Å². The molecule has 0 amide bonds. The number of ether oxygens (including phenoxy) is 2. The highest BCUT2D eigenvalue weighted by Crippen LogP contribution is 2.26. The maximum Gasteiger partial charge on any atom is 0.306 e. The number of rotatable bonds is 6. The first-order valence-electron chi connectivity index (χ1n) is 8.72. The highest BCUT2D eigenvalue weighted by atomic mass is 16.5. The van der Waals surface area contributed by atoms with E-state index >= 15 is 0 Å². The maximum absolute atomic E-state index is 11.0. The molecule has 24 heavy (non-hydrogen) atoms. The minimum atomic E-state index is -0.654. The largest absolute Gasteiger partial charge is 0.495 e. The first-order chi connectivity index (χ1) is 11.6. The number of nitrogens with zero attached hydrogens (tertiary/aromatic N) is 2. The average molecular weight is 334 g/mol. The van der Waals surface area contributed by atoms with Gasteiger partial charge < -0.3 is 19.5 Å². The van der Waals surface area contributed by atoms with Gasteiger partial charge in [-0.2, -0.15) is 0 Å². The van der Waals surface area contributed by atoms with Crippen LogP contribution < -0.4 is 4.74 Å². The molecule has 6 heteroatoms. The molecule has 0 saturated carbocycles. The molecule has 0 unspecified atom stereocenters. The second-order valence-corrected chi connectivity index (χ2v) is 6.81. The van der Waals surface area contributed by atoms with Gasteiger partial charge in [-0.05, 0) is 50.4 Å². The molecule has 1 aromatic heterocycles. The summed E-state index contributed by atoms with van der Waals surface area (Å²) in [5.41, 5.74) is 1.14. The number of aromatic nitrogens is 1. The van der Waals surface area contributed by atoms with Crippen LogP contribution in [0.5, 0.6) is 5.75 Å². The highest BCUT2D eigenvalue weighted by Gasteiger charge is 2.30. The quantitative estimate of drug-likeness (QED) is 0.858. The minimum Gasteiger partial charge on any atom is -0.495 e. The average Bonchev–Trinajstić information content (AvgIpc) is 3.02. The Balaban J connectivity index is 1.43. The van der Waals surface area contributed by atoms with E-state index in [2.05, 4.69) is 9.88 Å². The zero-order valence-corrected chi connectivity index (χ0v) is 14.2. The van der Waals surface area contributed by atoms with Crippen molar-refractivity contribution in [3.8, 4) is 5.75 Å². The summed E-state index contributed by atoms with van der Waals surface area (Å²) in [5, 5.41) is 9.06. The van der Waals surface area contributed by atoms with Crippen LogP contribution in [-0.2, 0) is 16.0 Å². The number of methoxy groups -OCH3 is 1. The van der Waals surface area contributed by atoms with Crippen LogP contribution >= 0.6 is 0 Å². The lowest BCUT2D eigenvalue weighted by atomic mass is 9.97. The van der Waals surface area contributed by atoms with Gasteiger partial charge in [0.1, 0.15) is 5.75 Å². The van der Waals surface area contributed by atoms with Gasteiger partial charge in [0.05, 0.1) is 31.4 Å². The predicted molar refractivity (Wildman–Crippen MR) is 89.2 cm³/mol. The van der Waals surface area contributed by atoms with Crippen molar-refractivity contribution in [1.82, 2.24) is 9.88 Å². The summed E-state index contributed by atoms with van der Waals surface area (Å²) in [6.07, 6.45) is 8.58. The van der Waals surface area contributed by atoms with Crippen LogP contribution in [0.3, 0.4) is 0 Å². The number of hydrogen-bond donors (Lipinski definition) is 1. The van der Waals surface area contributed by atoms with Gasteiger partial charge in [-0.25, -0.2) is 0 Å². The van der Waals surface area contributed by atoms with Crippen molar-refractivity contribution in [1.29, 1.82) is 0 Å². The van der Waals surface area contributed by atoms with Crippen molar-refractivity contribution >= 4 is 5.97 Å². The van der Waals surface area contributed by atoms with Crippen LogP contribution in [0.1, 0.15) is 31.2 Å². The third-order valence-corrected chi connectivity index (χ3v) is 5.06. The monoisotopic (exact) mass is 334 g/mol. The molecular formula is C18H26N2O4. The van der Waals surface area contributed by atoms with E-state index in [1.54, 1.807) is 13.3 Å². The number of carboxylic acid groups (broad SMARTS) is 1. The third kappa shape index (κ3) is 4.45. The van der Waals surface area contributed by atoms with E-state index in [4.69, 9.17) is 14.6 Å². The number of hydrogen-bond acceptors (Lipinski definition) is 5. The summed E-state index contributed by atoms with van der Waals surface area (Å²) in [7, 11) is 1.65. The predicted octanol–water partition coefficient (Wildman–Crippen LogP) is 1.98. The summed E-state index contributed by atoms with van der Waals surface area (Å²) in [6, 6.07) is 2.01. The Morgan fingerprint density at radius 3 is 2.75 bits per heavy atom. The molecule has 3 heterocycles. The summed E-state index contributed by atoms with van der Waals surface area (Å²) >= 11 is 0. The lowest BCUT2D eigenvalue weighted by Crippen LogP contribution is -2.40. The maximum atomic E-state index is 11.0. The standard InChI is InChI=1S/C18H26N2O4/c1-23-17-9-13(10-19-11-17)8-15-2-3-16(24-15)12-20-6-4-14(5-7-20)18(21)22/h9-11,14-16H,2-8,12H2,1H3,(H,21,22)/t15-,16+/m0/s1. The van der Waals surface area contributed by atoms with Gasteiger partial charge in [0, 0.05) is 19.2 Å². The van der Waals surface area contributed by atoms with Crippen molar-refractivity contribution in [3.05, 3.63) is 24.0 Å². The van der Waals surface area contributed by atoms with Gasteiger partial charge in [-0.3, -0.25) is 9.78 Å². The minimum absolute atomic E-state index is 0.168. The third-order valence-electron chi connectivity index (χ3n) is 5.06. The van der Waals surface area contributed by atoms with E-state index in [1.165, 1.54) is 0 Å². The summed E-state index contributed by atoms with van der Waals surface area (Å²) in [6.45, 7) is 2.64. The molecule has 0 aromatic carbocycles. The second kappa shape index (κ2) is 7.94. The Kier molecular flexibility index (Phi) is 5.68. The van der Waals surface area contributed by atoms with E-state index in [9.17, 15) is 4.79 Å². The Bertz CT molecular complexity index is 558. The van der Waals surface area contributed by atoms with Crippen LogP contribution in [0, 0.1) is 5.92 Å². The van der Waals surface area contributed by atoms with Gasteiger partial charge in [-0.15, -0.1) is 0 Å². The Morgan fingerprint density at radius 1 is 1.29 bits per heavy atom. The molecule has 0 bridgehead atoms. The fourth-order valence-electron chi connectivity index (χ4n) is 3.66. The van der Waals surface area contributed by atoms with Crippen molar-refractivity contribution in [2.75, 3.05) is 26.7 Å². The highest BCUT2D eigenvalue weighted by molar-refractivity contribution is 5.70. The smallest absolute Gasteiger partial charge is 0.306 e. The second-order valence-electron chi connectivity index (χ2n) is 6.81. The Labute approximate surface area is 142 Å². The zero-order valence-electron chi connectivity index (χ0n) is 14.2. The Morgan fingerprint density at radius 2 is 2.04 bits per heavy atom. The van der Waals surface area contributed by atoms with E-state index in [-0.39, 0.29) is 18.1 Å². The van der Waals surface area contributed by atoms with Crippen molar-refractivity contribution < 1.29 is 19.4 Å². The fourth-order valence-corrected chi connectivity index (χ4v) is 3.66. The van der Waals surface area contributed by atoms with E-state index in [1.807, 2.05) is 12.3 Å². The topological polar surface area (TPSA) is 71.9 Å². The van der Waals surface area contributed by atoms with E-state index in [0.717, 1.165) is 63.1 Å². The van der Waals surface area contributed by atoms with Crippen LogP contribution in [0.15, 0.2) is 18.5 Å². The normalized spacial score (nSPS) is 25.7. The van der Waals surface area contributed by atoms with Gasteiger partial charge >= 0.3 is 5.97 Å². The van der Waals surface area contributed by atoms with Gasteiger partial charge in [0.15, 0.2) is 0 Å². The molecule has 2 fully saturated rings. The number of aliphatic carboxylic acids is 1. The Hall–Kier alpha value is -1.66. The van der Waals surface area contributed by atoms with Gasteiger partial charge in [0.2, 0.25) is 0 Å². The molecule has 2 aliphatic heterocycles. The van der Waals surface area contributed by atoms with Crippen LogP contribution in [0.4, 0.5) is 0 Å². The van der Waals surface area contributed by atoms with Gasteiger partial charge in [-0.1, -0.05) is 0 Å². The molecule has 0 spiro atoms. The van der Waals surface area contributed by atoms with Crippen molar-refractivity contribution in [3.63, 3.8) is 0 Å². The first kappa shape index (κ1) is 17.2. The number of carbonyl (C=O) groups is 1. The van der Waals surface area contributed by atoms with Crippen molar-refractivity contribution in [2.45, 2.75) is 44.3 Å². The molecule has 2 aliphatic rings. The SMILES string of the molecule is COc1cncc(C[C@@H]2CC[C@H](CN3CCC(C(=O)O)CC3)O2)c1. The molecule has 6 nitrogen and oxygen atoms in total. The number of piperidine rings is 1. The molecule has 3 rings (SSSR count). The first-order valence-corrected chi connectivity index (χ1v) is 8.72. The number of carboxylic acids is 1. The molecule has 1 aromatic rings. The zero-order chi connectivity index (χ0) is 16.9. The molecule has 2 atom stereocenters. The molecule has 0 aliphatic carbocycles. The summed E-state index contributed by atoms with van der Waals surface area (Å²) in [4.78, 5) is 17.6. The fraction of sp³-hybridized carbons (Fsp3) is 0.667. The lowest BCUT2D eigenvalue weighted by molar-refractivity contribution is -0.143. The van der Waals surface area contributed by atoms with Gasteiger partial charge in [0.25, 0.3) is 0 Å². The molecular weight excluding hydrogens is 308 g/mol. The number of pyridine rings is 1. The van der Waals surface area contributed by atoms with Crippen LogP contribution in [0.25, 0.3) is 0 Å². The van der Waals surface area contributed by atoms with E-state index < -0.39 is 5.97 Å². The summed E-state index contributed by atoms with van der Waals surface area (Å²) < 4.78 is 11.4. The molecule has 1 N–H and O–H groups in total. The van der Waals surface area contributed by atoms with Crippen LogP contribution in [0.2, 0.25) is 0 Å². The number of likely N-dealkylation sites (tertiary alicyclic amines) is 1. The molecule has 132 valence electrons. The molecule has 2 saturated heterocycles. The van der Waals surface area contributed by atoms with Crippen molar-refractivity contribution in [2.24, 2.45) is 5.92 Å². The molecule has 0 radical (unpaired) electrons.